The molecule has 0 aromatic rings. The average molecular weight is 277 g/mol. The zero-order valence-electron chi connectivity index (χ0n) is 12.2. The summed E-state index contributed by atoms with van der Waals surface area (Å²) >= 11 is 0. The van der Waals surface area contributed by atoms with E-state index in [9.17, 15) is 0 Å². The van der Waals surface area contributed by atoms with Crippen molar-refractivity contribution in [2.24, 2.45) is 5.73 Å². The molecular weight excluding hydrogens is 248 g/mol. The fourth-order valence-corrected chi connectivity index (χ4v) is 2.32. The van der Waals surface area contributed by atoms with Crippen LogP contribution in [-0.4, -0.2) is 49.0 Å². The van der Waals surface area contributed by atoms with E-state index < -0.39 is 9.53 Å². The highest BCUT2D eigenvalue weighted by molar-refractivity contribution is 6.36. The zero-order valence-corrected chi connectivity index (χ0v) is 13.2. The van der Waals surface area contributed by atoms with Gasteiger partial charge in [0.15, 0.2) is 0 Å². The summed E-state index contributed by atoms with van der Waals surface area (Å²) in [5.41, 5.74) is 6.02. The normalized spacial score (nSPS) is 15.0. The summed E-state index contributed by atoms with van der Waals surface area (Å²) in [6, 6.07) is 0.539. The Bertz CT molecular complexity index is 183. The van der Waals surface area contributed by atoms with Crippen LogP contribution in [0.25, 0.3) is 0 Å². The number of unbranched alkanes of at least 4 members (excludes halogenated alkanes) is 1. The zero-order chi connectivity index (χ0) is 13.8. The first-order valence-corrected chi connectivity index (χ1v) is 7.97. The molecule has 6 heteroatoms. The van der Waals surface area contributed by atoms with Gasteiger partial charge in [0.05, 0.1) is 6.61 Å². The van der Waals surface area contributed by atoms with E-state index in [0.717, 1.165) is 19.4 Å². The van der Waals surface area contributed by atoms with Gasteiger partial charge in [-0.05, 0) is 12.8 Å². The maximum Gasteiger partial charge on any atom is 0.577 e. The van der Waals surface area contributed by atoms with E-state index >= 15 is 0 Å². The van der Waals surface area contributed by atoms with Gasteiger partial charge in [0.1, 0.15) is 0 Å². The van der Waals surface area contributed by atoms with Gasteiger partial charge in [0.2, 0.25) is 0 Å². The molecular formula is C12H29N2O3Si. The van der Waals surface area contributed by atoms with Crippen molar-refractivity contribution in [2.75, 3.05) is 27.4 Å². The third-order valence-corrected chi connectivity index (χ3v) is 3.89. The van der Waals surface area contributed by atoms with Gasteiger partial charge in [-0.25, -0.2) is 0 Å². The van der Waals surface area contributed by atoms with Gasteiger partial charge in [-0.2, -0.15) is 0 Å². The lowest BCUT2D eigenvalue weighted by molar-refractivity contribution is 0.121. The van der Waals surface area contributed by atoms with Crippen molar-refractivity contribution in [1.82, 2.24) is 5.32 Å². The molecule has 0 aliphatic carbocycles. The standard InChI is InChI=1S/C12H29N2O3Si/c1-5-7-8-11(13)9-14-12(6-2)10-17-18(15-3)16-4/h11-12,14H,5-10,13H2,1-4H3. The van der Waals surface area contributed by atoms with Crippen molar-refractivity contribution in [3.8, 4) is 0 Å². The van der Waals surface area contributed by atoms with Crippen molar-refractivity contribution < 1.29 is 13.3 Å². The molecule has 0 aromatic carbocycles. The Balaban J connectivity index is 3.75. The quantitative estimate of drug-likeness (QED) is 0.524. The molecule has 0 spiro atoms. The van der Waals surface area contributed by atoms with E-state index in [0.29, 0.717) is 12.6 Å². The highest BCUT2D eigenvalue weighted by Gasteiger charge is 2.17. The lowest BCUT2D eigenvalue weighted by atomic mass is 10.1. The highest BCUT2D eigenvalue weighted by atomic mass is 28.3. The molecule has 5 nitrogen and oxygen atoms in total. The minimum atomic E-state index is -1.55. The lowest BCUT2D eigenvalue weighted by Crippen LogP contribution is -2.42. The predicted octanol–water partition coefficient (Wildman–Crippen LogP) is 1.17. The minimum Gasteiger partial charge on any atom is -0.375 e. The number of nitrogens with one attached hydrogen (secondary N) is 1. The van der Waals surface area contributed by atoms with Crippen molar-refractivity contribution in [2.45, 2.75) is 51.6 Å². The van der Waals surface area contributed by atoms with Crippen LogP contribution in [0.2, 0.25) is 0 Å². The van der Waals surface area contributed by atoms with Crippen molar-refractivity contribution >= 4 is 9.53 Å². The first kappa shape index (κ1) is 18.0. The second kappa shape index (κ2) is 12.1. The molecule has 0 saturated carbocycles. The molecule has 1 radical (unpaired) electrons. The summed E-state index contributed by atoms with van der Waals surface area (Å²) in [6.07, 6.45) is 4.47. The first-order chi connectivity index (χ1) is 8.67. The number of hydrogen-bond donors (Lipinski definition) is 2. The maximum absolute atomic E-state index is 6.02. The number of nitrogens with two attached hydrogens (primary N) is 1. The predicted molar refractivity (Wildman–Crippen MR) is 75.3 cm³/mol. The van der Waals surface area contributed by atoms with Crippen LogP contribution in [0, 0.1) is 0 Å². The van der Waals surface area contributed by atoms with Crippen molar-refractivity contribution in [3.63, 3.8) is 0 Å². The van der Waals surface area contributed by atoms with Crippen LogP contribution in [0.3, 0.4) is 0 Å². The van der Waals surface area contributed by atoms with Crippen LogP contribution in [0.15, 0.2) is 0 Å². The molecule has 0 aliphatic heterocycles. The molecule has 0 bridgehead atoms. The highest BCUT2D eigenvalue weighted by Crippen LogP contribution is 2.00. The molecule has 0 fully saturated rings. The Morgan fingerprint density at radius 1 is 1.22 bits per heavy atom. The van der Waals surface area contributed by atoms with Gasteiger partial charge in [-0.15, -0.1) is 0 Å². The number of rotatable bonds is 12. The van der Waals surface area contributed by atoms with Gasteiger partial charge in [-0.3, -0.25) is 0 Å². The SMILES string of the molecule is CCCCC(N)CNC(CC)CO[Si](OC)OC. The van der Waals surface area contributed by atoms with Gasteiger partial charge in [-0.1, -0.05) is 26.7 Å². The van der Waals surface area contributed by atoms with Crippen molar-refractivity contribution in [3.05, 3.63) is 0 Å². The third-order valence-electron chi connectivity index (χ3n) is 2.83. The van der Waals surface area contributed by atoms with E-state index in [2.05, 4.69) is 19.2 Å². The van der Waals surface area contributed by atoms with Crippen LogP contribution in [-0.2, 0) is 13.3 Å². The van der Waals surface area contributed by atoms with Gasteiger partial charge in [0, 0.05) is 32.8 Å². The molecule has 109 valence electrons. The molecule has 2 atom stereocenters. The molecule has 0 saturated heterocycles. The Morgan fingerprint density at radius 3 is 2.39 bits per heavy atom. The molecule has 2 unspecified atom stereocenters. The fraction of sp³-hybridized carbons (Fsp3) is 1.00. The second-order valence-corrected chi connectivity index (χ2v) is 5.99. The van der Waals surface area contributed by atoms with Crippen LogP contribution in [0.5, 0.6) is 0 Å². The van der Waals surface area contributed by atoms with Crippen LogP contribution in [0.4, 0.5) is 0 Å². The third kappa shape index (κ3) is 9.01. The summed E-state index contributed by atoms with van der Waals surface area (Å²) in [7, 11) is 1.66. The Hall–Kier alpha value is 0.0169. The Kier molecular flexibility index (Phi) is 12.1. The van der Waals surface area contributed by atoms with E-state index in [4.69, 9.17) is 19.0 Å². The summed E-state index contributed by atoms with van der Waals surface area (Å²) in [4.78, 5) is 0. The Morgan fingerprint density at radius 2 is 1.89 bits per heavy atom. The van der Waals surface area contributed by atoms with Crippen molar-refractivity contribution in [1.29, 1.82) is 0 Å². The second-order valence-electron chi connectivity index (χ2n) is 4.38. The molecule has 0 aliphatic rings. The molecule has 0 amide bonds. The largest absolute Gasteiger partial charge is 0.577 e. The van der Waals surface area contributed by atoms with Gasteiger partial charge in [0.25, 0.3) is 0 Å². The molecule has 3 N–H and O–H groups in total. The first-order valence-electron chi connectivity index (χ1n) is 6.74. The van der Waals surface area contributed by atoms with E-state index in [1.165, 1.54) is 12.8 Å². The molecule has 0 rings (SSSR count). The average Bonchev–Trinajstić information content (AvgIpc) is 2.40. The summed E-state index contributed by atoms with van der Waals surface area (Å²) in [5, 5.41) is 3.44. The van der Waals surface area contributed by atoms with Crippen LogP contribution >= 0.6 is 0 Å². The van der Waals surface area contributed by atoms with E-state index in [-0.39, 0.29) is 6.04 Å². The smallest absolute Gasteiger partial charge is 0.375 e. The Labute approximate surface area is 113 Å². The van der Waals surface area contributed by atoms with Gasteiger partial charge < -0.3 is 24.3 Å². The van der Waals surface area contributed by atoms with E-state index in [1.807, 2.05) is 0 Å². The molecule has 0 aromatic heterocycles. The monoisotopic (exact) mass is 277 g/mol. The number of hydrogen-bond acceptors (Lipinski definition) is 5. The van der Waals surface area contributed by atoms with Crippen LogP contribution in [0.1, 0.15) is 39.5 Å². The summed E-state index contributed by atoms with van der Waals surface area (Å²) in [5.74, 6) is 0. The fourth-order valence-electron chi connectivity index (χ4n) is 1.58. The summed E-state index contributed by atoms with van der Waals surface area (Å²) in [6.45, 7) is 5.75. The minimum absolute atomic E-state index is 0.230. The van der Waals surface area contributed by atoms with E-state index in [1.54, 1.807) is 14.2 Å². The summed E-state index contributed by atoms with van der Waals surface area (Å²) < 4.78 is 15.7. The lowest BCUT2D eigenvalue weighted by Gasteiger charge is -2.21. The topological polar surface area (TPSA) is 65.7 Å². The molecule has 0 heterocycles. The van der Waals surface area contributed by atoms with Crippen LogP contribution < -0.4 is 11.1 Å². The molecule has 18 heavy (non-hydrogen) atoms. The van der Waals surface area contributed by atoms with Gasteiger partial charge >= 0.3 is 9.53 Å². The maximum atomic E-state index is 6.02.